The van der Waals surface area contributed by atoms with E-state index in [1.54, 1.807) is 0 Å². The van der Waals surface area contributed by atoms with Crippen LogP contribution in [0.2, 0.25) is 0 Å². The zero-order valence-electron chi connectivity index (χ0n) is 12.7. The highest BCUT2D eigenvalue weighted by molar-refractivity contribution is 5.86. The molecule has 1 aliphatic carbocycles. The van der Waals surface area contributed by atoms with Crippen molar-refractivity contribution in [2.75, 3.05) is 13.1 Å². The van der Waals surface area contributed by atoms with Crippen LogP contribution in [0.4, 0.5) is 0 Å². The molecule has 1 saturated carbocycles. The molecule has 0 aromatic heterocycles. The van der Waals surface area contributed by atoms with Gasteiger partial charge in [-0.15, -0.1) is 0 Å². The smallest absolute Gasteiger partial charge is 0.326 e. The van der Waals surface area contributed by atoms with Gasteiger partial charge in [0.25, 0.3) is 0 Å². The summed E-state index contributed by atoms with van der Waals surface area (Å²) in [5.74, 6) is -1.58. The van der Waals surface area contributed by atoms with Crippen LogP contribution in [-0.2, 0) is 19.2 Å². The third-order valence-electron chi connectivity index (χ3n) is 3.30. The largest absolute Gasteiger partial charge is 0.480 e. The van der Waals surface area contributed by atoms with Crippen molar-refractivity contribution < 1.29 is 24.3 Å². The number of hydrogen-bond acceptors (Lipinski definition) is 4. The minimum atomic E-state index is -1.04. The number of carboxylic acid groups (broad SMARTS) is 1. The molecule has 4 N–H and O–H groups in total. The van der Waals surface area contributed by atoms with Gasteiger partial charge in [-0.3, -0.25) is 14.4 Å². The molecule has 1 aliphatic rings. The molecule has 0 heterocycles. The molecule has 1 atom stereocenters. The first-order chi connectivity index (χ1) is 10.4. The summed E-state index contributed by atoms with van der Waals surface area (Å²) in [4.78, 5) is 44.8. The number of hydrogen-bond donors (Lipinski definition) is 4. The Bertz CT molecular complexity index is 434. The molecule has 0 bridgehead atoms. The van der Waals surface area contributed by atoms with E-state index in [9.17, 15) is 19.2 Å². The Labute approximate surface area is 129 Å². The number of amides is 3. The molecule has 0 aliphatic heterocycles. The standard InChI is InChI=1S/C14H23N3O5/c1-9(18)15-6-7-16-12(19)4-5-13(20)17-11(14(21)22)8-10-2-3-10/h10-11H,2-8H2,1H3,(H,15,18)(H,16,19)(H,17,20)(H,21,22). The van der Waals surface area contributed by atoms with Crippen LogP contribution in [-0.4, -0.2) is 47.9 Å². The van der Waals surface area contributed by atoms with Gasteiger partial charge in [-0.25, -0.2) is 4.79 Å². The molecule has 124 valence electrons. The van der Waals surface area contributed by atoms with Crippen LogP contribution < -0.4 is 16.0 Å². The Hall–Kier alpha value is -2.12. The quantitative estimate of drug-likeness (QED) is 0.400. The molecule has 0 radical (unpaired) electrons. The van der Waals surface area contributed by atoms with Crippen LogP contribution in [0.3, 0.4) is 0 Å². The molecule has 3 amide bonds. The van der Waals surface area contributed by atoms with Crippen molar-refractivity contribution in [1.29, 1.82) is 0 Å². The van der Waals surface area contributed by atoms with Gasteiger partial charge in [0, 0.05) is 32.9 Å². The number of nitrogens with one attached hydrogen (secondary N) is 3. The first kappa shape index (κ1) is 17.9. The molecule has 1 rings (SSSR count). The highest BCUT2D eigenvalue weighted by Gasteiger charge is 2.30. The van der Waals surface area contributed by atoms with E-state index < -0.39 is 17.9 Å². The van der Waals surface area contributed by atoms with E-state index in [0.29, 0.717) is 25.4 Å². The number of carbonyl (C=O) groups excluding carboxylic acids is 3. The van der Waals surface area contributed by atoms with Crippen LogP contribution >= 0.6 is 0 Å². The highest BCUT2D eigenvalue weighted by Crippen LogP contribution is 2.33. The zero-order chi connectivity index (χ0) is 16.5. The summed E-state index contributed by atoms with van der Waals surface area (Å²) in [5.41, 5.74) is 0. The van der Waals surface area contributed by atoms with Crippen LogP contribution in [0, 0.1) is 5.92 Å². The van der Waals surface area contributed by atoms with Crippen molar-refractivity contribution in [2.24, 2.45) is 5.92 Å². The summed E-state index contributed by atoms with van der Waals surface area (Å²) in [6, 6.07) is -0.872. The molecule has 8 heteroatoms. The molecule has 0 spiro atoms. The fourth-order valence-electron chi connectivity index (χ4n) is 1.93. The number of carbonyl (C=O) groups is 4. The fourth-order valence-corrected chi connectivity index (χ4v) is 1.93. The summed E-state index contributed by atoms with van der Waals surface area (Å²) >= 11 is 0. The van der Waals surface area contributed by atoms with Crippen molar-refractivity contribution in [3.05, 3.63) is 0 Å². The first-order valence-corrected chi connectivity index (χ1v) is 7.41. The average molecular weight is 313 g/mol. The Balaban J connectivity index is 2.16. The van der Waals surface area contributed by atoms with Gasteiger partial charge < -0.3 is 21.1 Å². The summed E-state index contributed by atoms with van der Waals surface area (Å²) in [5, 5.41) is 16.6. The highest BCUT2D eigenvalue weighted by atomic mass is 16.4. The predicted molar refractivity (Wildman–Crippen MR) is 77.8 cm³/mol. The fraction of sp³-hybridized carbons (Fsp3) is 0.714. The van der Waals surface area contributed by atoms with E-state index in [1.165, 1.54) is 6.92 Å². The molecule has 0 aromatic rings. The van der Waals surface area contributed by atoms with E-state index in [1.807, 2.05) is 0 Å². The number of carboxylic acids is 1. The Morgan fingerprint density at radius 3 is 2.18 bits per heavy atom. The molecular formula is C14H23N3O5. The van der Waals surface area contributed by atoms with Crippen molar-refractivity contribution in [3.63, 3.8) is 0 Å². The number of aliphatic carboxylic acids is 1. The third-order valence-corrected chi connectivity index (χ3v) is 3.30. The summed E-state index contributed by atoms with van der Waals surface area (Å²) in [6.07, 6.45) is 2.40. The minimum Gasteiger partial charge on any atom is -0.480 e. The maximum atomic E-state index is 11.7. The van der Waals surface area contributed by atoms with Gasteiger partial charge in [0.1, 0.15) is 6.04 Å². The maximum Gasteiger partial charge on any atom is 0.326 e. The van der Waals surface area contributed by atoms with E-state index in [-0.39, 0.29) is 24.7 Å². The van der Waals surface area contributed by atoms with E-state index in [4.69, 9.17) is 5.11 Å². The van der Waals surface area contributed by atoms with E-state index in [2.05, 4.69) is 16.0 Å². The SMILES string of the molecule is CC(=O)NCCNC(=O)CCC(=O)NC(CC1CC1)C(=O)O. The lowest BCUT2D eigenvalue weighted by Crippen LogP contribution is -2.41. The molecule has 22 heavy (non-hydrogen) atoms. The van der Waals surface area contributed by atoms with Crippen molar-refractivity contribution in [1.82, 2.24) is 16.0 Å². The van der Waals surface area contributed by atoms with Crippen LogP contribution in [0.1, 0.15) is 39.0 Å². The summed E-state index contributed by atoms with van der Waals surface area (Å²) < 4.78 is 0. The van der Waals surface area contributed by atoms with Crippen molar-refractivity contribution in [3.8, 4) is 0 Å². The summed E-state index contributed by atoms with van der Waals surface area (Å²) in [7, 11) is 0. The second-order valence-electron chi connectivity index (χ2n) is 5.47. The Morgan fingerprint density at radius 1 is 1.05 bits per heavy atom. The van der Waals surface area contributed by atoms with Gasteiger partial charge in [-0.05, 0) is 12.3 Å². The lowest BCUT2D eigenvalue weighted by Gasteiger charge is -2.14. The monoisotopic (exact) mass is 313 g/mol. The zero-order valence-corrected chi connectivity index (χ0v) is 12.7. The van der Waals surface area contributed by atoms with Crippen molar-refractivity contribution in [2.45, 2.75) is 45.1 Å². The molecule has 1 fully saturated rings. The Morgan fingerprint density at radius 2 is 1.64 bits per heavy atom. The van der Waals surface area contributed by atoms with Gasteiger partial charge in [0.15, 0.2) is 0 Å². The first-order valence-electron chi connectivity index (χ1n) is 7.41. The van der Waals surface area contributed by atoms with Gasteiger partial charge in [0.05, 0.1) is 0 Å². The van der Waals surface area contributed by atoms with Gasteiger partial charge in [-0.1, -0.05) is 12.8 Å². The maximum absolute atomic E-state index is 11.7. The average Bonchev–Trinajstić information content (AvgIpc) is 3.24. The molecular weight excluding hydrogens is 290 g/mol. The number of rotatable bonds is 10. The van der Waals surface area contributed by atoms with Crippen LogP contribution in [0.5, 0.6) is 0 Å². The van der Waals surface area contributed by atoms with Gasteiger partial charge >= 0.3 is 5.97 Å². The van der Waals surface area contributed by atoms with Crippen molar-refractivity contribution >= 4 is 23.7 Å². The third kappa shape index (κ3) is 8.23. The van der Waals surface area contributed by atoms with Crippen LogP contribution in [0.15, 0.2) is 0 Å². The Kier molecular flexibility index (Phi) is 7.34. The lowest BCUT2D eigenvalue weighted by molar-refractivity contribution is -0.142. The lowest BCUT2D eigenvalue weighted by atomic mass is 10.1. The van der Waals surface area contributed by atoms with E-state index in [0.717, 1.165) is 12.8 Å². The predicted octanol–water partition coefficient (Wildman–Crippen LogP) is -0.612. The normalized spacial score (nSPS) is 14.8. The second-order valence-corrected chi connectivity index (χ2v) is 5.47. The van der Waals surface area contributed by atoms with Gasteiger partial charge in [-0.2, -0.15) is 0 Å². The molecule has 1 unspecified atom stereocenters. The molecule has 0 aromatic carbocycles. The van der Waals surface area contributed by atoms with Crippen LogP contribution in [0.25, 0.3) is 0 Å². The summed E-state index contributed by atoms with van der Waals surface area (Å²) in [6.45, 7) is 2.00. The minimum absolute atomic E-state index is 0.0122. The molecule has 0 saturated heterocycles. The topological polar surface area (TPSA) is 125 Å². The second kappa shape index (κ2) is 9.01. The molecule has 8 nitrogen and oxygen atoms in total. The van der Waals surface area contributed by atoms with E-state index >= 15 is 0 Å². The van der Waals surface area contributed by atoms with Gasteiger partial charge in [0.2, 0.25) is 17.7 Å².